The molecule has 0 unspecified atom stereocenters. The zero-order valence-corrected chi connectivity index (χ0v) is 15.7. The SMILES string of the molecule is COC(=O)c1ccc(-c2ccc(C(=O)OC)c(C(=O)OC)c2)cc1C(=O)OC. The van der Waals surface area contributed by atoms with Crippen molar-refractivity contribution in [2.24, 2.45) is 0 Å². The maximum absolute atomic E-state index is 12.1. The van der Waals surface area contributed by atoms with Gasteiger partial charge in [0.2, 0.25) is 0 Å². The minimum absolute atomic E-state index is 0.00325. The molecule has 0 amide bonds. The molecule has 2 aromatic carbocycles. The summed E-state index contributed by atoms with van der Waals surface area (Å²) < 4.78 is 18.8. The van der Waals surface area contributed by atoms with Crippen LogP contribution in [0.1, 0.15) is 41.4 Å². The highest BCUT2D eigenvalue weighted by molar-refractivity contribution is 6.05. The Morgan fingerprint density at radius 3 is 1.07 bits per heavy atom. The van der Waals surface area contributed by atoms with E-state index in [9.17, 15) is 19.2 Å². The third kappa shape index (κ3) is 4.01. The van der Waals surface area contributed by atoms with Crippen LogP contribution in [0.15, 0.2) is 36.4 Å². The first-order chi connectivity index (χ1) is 13.4. The summed E-state index contributed by atoms with van der Waals surface area (Å²) in [5.74, 6) is -2.82. The van der Waals surface area contributed by atoms with E-state index in [-0.39, 0.29) is 22.3 Å². The molecule has 0 aliphatic carbocycles. The molecular weight excluding hydrogens is 368 g/mol. The van der Waals surface area contributed by atoms with Crippen molar-refractivity contribution in [2.45, 2.75) is 0 Å². The number of rotatable bonds is 5. The topological polar surface area (TPSA) is 105 Å². The lowest BCUT2D eigenvalue weighted by atomic mass is 9.95. The molecule has 0 aromatic heterocycles. The zero-order valence-electron chi connectivity index (χ0n) is 15.7. The smallest absolute Gasteiger partial charge is 0.338 e. The molecule has 2 rings (SSSR count). The summed E-state index contributed by atoms with van der Waals surface area (Å²) in [6, 6.07) is 8.86. The Morgan fingerprint density at radius 1 is 0.500 bits per heavy atom. The molecule has 8 heteroatoms. The largest absolute Gasteiger partial charge is 0.465 e. The molecule has 0 saturated carbocycles. The van der Waals surface area contributed by atoms with Gasteiger partial charge in [0.15, 0.2) is 0 Å². The van der Waals surface area contributed by atoms with Gasteiger partial charge in [0.25, 0.3) is 0 Å². The molecule has 0 bridgehead atoms. The highest BCUT2D eigenvalue weighted by Crippen LogP contribution is 2.27. The highest BCUT2D eigenvalue weighted by atomic mass is 16.5. The van der Waals surface area contributed by atoms with Gasteiger partial charge in [-0.05, 0) is 35.4 Å². The second-order valence-corrected chi connectivity index (χ2v) is 5.49. The van der Waals surface area contributed by atoms with Crippen molar-refractivity contribution in [3.05, 3.63) is 58.7 Å². The minimum atomic E-state index is -0.721. The number of ether oxygens (including phenoxy) is 4. The Hall–Kier alpha value is -3.68. The van der Waals surface area contributed by atoms with E-state index in [0.29, 0.717) is 11.1 Å². The van der Waals surface area contributed by atoms with E-state index in [4.69, 9.17) is 9.47 Å². The Labute approximate surface area is 161 Å². The number of carbonyl (C=O) groups is 4. The molecule has 0 atom stereocenters. The fourth-order valence-electron chi connectivity index (χ4n) is 2.58. The van der Waals surface area contributed by atoms with E-state index in [1.807, 2.05) is 0 Å². The van der Waals surface area contributed by atoms with Crippen molar-refractivity contribution in [1.29, 1.82) is 0 Å². The van der Waals surface area contributed by atoms with Gasteiger partial charge in [-0.1, -0.05) is 12.1 Å². The third-order valence-corrected chi connectivity index (χ3v) is 3.99. The summed E-state index contributed by atoms with van der Waals surface area (Å²) in [5.41, 5.74) is 1.10. The zero-order chi connectivity index (χ0) is 20.8. The Kier molecular flexibility index (Phi) is 6.49. The molecule has 0 aliphatic heterocycles. The maximum Gasteiger partial charge on any atom is 0.338 e. The predicted molar refractivity (Wildman–Crippen MR) is 97.2 cm³/mol. The van der Waals surface area contributed by atoms with Crippen LogP contribution in [-0.4, -0.2) is 52.3 Å². The van der Waals surface area contributed by atoms with Gasteiger partial charge >= 0.3 is 23.9 Å². The number of carbonyl (C=O) groups excluding carboxylic acids is 4. The molecule has 0 spiro atoms. The monoisotopic (exact) mass is 386 g/mol. The van der Waals surface area contributed by atoms with Crippen molar-refractivity contribution in [3.63, 3.8) is 0 Å². The summed E-state index contributed by atoms with van der Waals surface area (Å²) in [6.45, 7) is 0. The van der Waals surface area contributed by atoms with Crippen LogP contribution in [0.4, 0.5) is 0 Å². The van der Waals surface area contributed by atoms with Crippen LogP contribution in [0.5, 0.6) is 0 Å². The van der Waals surface area contributed by atoms with Gasteiger partial charge in [0.1, 0.15) is 0 Å². The van der Waals surface area contributed by atoms with Crippen molar-refractivity contribution < 1.29 is 38.1 Å². The van der Waals surface area contributed by atoms with E-state index in [1.54, 1.807) is 12.1 Å². The van der Waals surface area contributed by atoms with E-state index in [1.165, 1.54) is 52.7 Å². The van der Waals surface area contributed by atoms with Crippen LogP contribution in [-0.2, 0) is 18.9 Å². The number of esters is 4. The predicted octanol–water partition coefficient (Wildman–Crippen LogP) is 2.50. The summed E-state index contributed by atoms with van der Waals surface area (Å²) in [6.07, 6.45) is 0. The lowest BCUT2D eigenvalue weighted by Crippen LogP contribution is -2.13. The molecular formula is C20H18O8. The summed E-state index contributed by atoms with van der Waals surface area (Å²) >= 11 is 0. The van der Waals surface area contributed by atoms with Gasteiger partial charge in [0, 0.05) is 0 Å². The second kappa shape index (κ2) is 8.81. The number of hydrogen-bond donors (Lipinski definition) is 0. The van der Waals surface area contributed by atoms with Crippen LogP contribution >= 0.6 is 0 Å². The standard InChI is InChI=1S/C20H18O8/c1-25-17(21)13-7-5-11(9-15(13)19(23)27-3)12-6-8-14(18(22)26-2)16(10-12)20(24)28-4/h5-10H,1-4H3. The number of methoxy groups -OCH3 is 4. The normalized spacial score (nSPS) is 10.0. The van der Waals surface area contributed by atoms with Gasteiger partial charge in [-0.2, -0.15) is 0 Å². The molecule has 0 fully saturated rings. The van der Waals surface area contributed by atoms with E-state index < -0.39 is 23.9 Å². The molecule has 2 aromatic rings. The van der Waals surface area contributed by atoms with Crippen LogP contribution in [0.2, 0.25) is 0 Å². The lowest BCUT2D eigenvalue weighted by molar-refractivity contribution is 0.0555. The molecule has 146 valence electrons. The average molecular weight is 386 g/mol. The van der Waals surface area contributed by atoms with E-state index >= 15 is 0 Å². The van der Waals surface area contributed by atoms with Gasteiger partial charge in [0.05, 0.1) is 50.7 Å². The van der Waals surface area contributed by atoms with Crippen LogP contribution < -0.4 is 0 Å². The van der Waals surface area contributed by atoms with Gasteiger partial charge in [-0.15, -0.1) is 0 Å². The minimum Gasteiger partial charge on any atom is -0.465 e. The molecule has 0 heterocycles. The third-order valence-electron chi connectivity index (χ3n) is 3.99. The van der Waals surface area contributed by atoms with Crippen molar-refractivity contribution in [3.8, 4) is 11.1 Å². The second-order valence-electron chi connectivity index (χ2n) is 5.49. The molecule has 28 heavy (non-hydrogen) atoms. The van der Waals surface area contributed by atoms with Gasteiger partial charge in [-0.3, -0.25) is 0 Å². The lowest BCUT2D eigenvalue weighted by Gasteiger charge is -2.12. The molecule has 0 N–H and O–H groups in total. The van der Waals surface area contributed by atoms with Crippen molar-refractivity contribution >= 4 is 23.9 Å². The van der Waals surface area contributed by atoms with E-state index in [0.717, 1.165) is 0 Å². The first kappa shape index (κ1) is 20.6. The number of hydrogen-bond acceptors (Lipinski definition) is 8. The van der Waals surface area contributed by atoms with Gasteiger partial charge < -0.3 is 18.9 Å². The fraction of sp³-hybridized carbons (Fsp3) is 0.200. The Balaban J connectivity index is 2.64. The summed E-state index contributed by atoms with van der Waals surface area (Å²) in [7, 11) is 4.78. The fourth-order valence-corrected chi connectivity index (χ4v) is 2.58. The van der Waals surface area contributed by atoms with Crippen molar-refractivity contribution in [2.75, 3.05) is 28.4 Å². The quantitative estimate of drug-likeness (QED) is 0.570. The van der Waals surface area contributed by atoms with Crippen LogP contribution in [0, 0.1) is 0 Å². The maximum atomic E-state index is 12.1. The van der Waals surface area contributed by atoms with Crippen LogP contribution in [0.3, 0.4) is 0 Å². The molecule has 8 nitrogen and oxygen atoms in total. The highest BCUT2D eigenvalue weighted by Gasteiger charge is 2.22. The molecule has 0 saturated heterocycles. The van der Waals surface area contributed by atoms with Crippen molar-refractivity contribution in [1.82, 2.24) is 0 Å². The number of benzene rings is 2. The van der Waals surface area contributed by atoms with E-state index in [2.05, 4.69) is 9.47 Å². The van der Waals surface area contributed by atoms with Crippen LogP contribution in [0.25, 0.3) is 11.1 Å². The summed E-state index contributed by atoms with van der Waals surface area (Å²) in [5, 5.41) is 0. The first-order valence-electron chi connectivity index (χ1n) is 7.99. The first-order valence-corrected chi connectivity index (χ1v) is 7.99. The summed E-state index contributed by atoms with van der Waals surface area (Å²) in [4.78, 5) is 47.9. The average Bonchev–Trinajstić information content (AvgIpc) is 2.75. The molecule has 0 aliphatic rings. The Morgan fingerprint density at radius 2 is 0.786 bits per heavy atom. The Bertz CT molecular complexity index is 868. The molecule has 0 radical (unpaired) electrons. The van der Waals surface area contributed by atoms with Gasteiger partial charge in [-0.25, -0.2) is 19.2 Å².